The zero-order valence-electron chi connectivity index (χ0n) is 15.7. The molecule has 2 rings (SSSR count). The molecule has 0 spiro atoms. The molecule has 0 atom stereocenters. The van der Waals surface area contributed by atoms with Crippen LogP contribution in [0.5, 0.6) is 0 Å². The summed E-state index contributed by atoms with van der Waals surface area (Å²) in [5, 5.41) is 1.07. The monoisotopic (exact) mass is 332 g/mol. The SMILES string of the molecule is CCCCCCCCn1cc(CN(C)CCC)c2cc(F)ccc21. The Morgan fingerprint density at radius 2 is 1.75 bits per heavy atom. The lowest BCUT2D eigenvalue weighted by Crippen LogP contribution is -2.18. The smallest absolute Gasteiger partial charge is 0.123 e. The molecule has 0 radical (unpaired) electrons. The molecule has 24 heavy (non-hydrogen) atoms. The average molecular weight is 333 g/mol. The summed E-state index contributed by atoms with van der Waals surface area (Å²) in [5.41, 5.74) is 2.41. The molecule has 0 aliphatic rings. The third kappa shape index (κ3) is 5.34. The first-order valence-electron chi connectivity index (χ1n) is 9.61. The van der Waals surface area contributed by atoms with E-state index in [1.165, 1.54) is 49.6 Å². The minimum absolute atomic E-state index is 0.140. The van der Waals surface area contributed by atoms with E-state index in [2.05, 4.69) is 36.6 Å². The second kappa shape index (κ2) is 9.83. The number of hydrogen-bond donors (Lipinski definition) is 0. The van der Waals surface area contributed by atoms with E-state index in [0.717, 1.165) is 31.4 Å². The average Bonchev–Trinajstić information content (AvgIpc) is 2.88. The number of nitrogens with zero attached hydrogens (tertiary/aromatic N) is 2. The summed E-state index contributed by atoms with van der Waals surface area (Å²) in [4.78, 5) is 2.31. The lowest BCUT2D eigenvalue weighted by atomic mass is 10.1. The molecule has 0 bridgehead atoms. The largest absolute Gasteiger partial charge is 0.347 e. The summed E-state index contributed by atoms with van der Waals surface area (Å²) in [6.07, 6.45) is 11.2. The maximum Gasteiger partial charge on any atom is 0.123 e. The number of halogens is 1. The highest BCUT2D eigenvalue weighted by Gasteiger charge is 2.11. The summed E-state index contributed by atoms with van der Waals surface area (Å²) in [6.45, 7) is 7.43. The predicted molar refractivity (Wildman–Crippen MR) is 102 cm³/mol. The van der Waals surface area contributed by atoms with Gasteiger partial charge in [-0.25, -0.2) is 4.39 Å². The van der Waals surface area contributed by atoms with Crippen LogP contribution < -0.4 is 0 Å². The minimum Gasteiger partial charge on any atom is -0.347 e. The van der Waals surface area contributed by atoms with Crippen LogP contribution in [0.25, 0.3) is 10.9 Å². The summed E-state index contributed by atoms with van der Waals surface area (Å²) < 4.78 is 16.0. The van der Waals surface area contributed by atoms with E-state index in [0.29, 0.717) is 0 Å². The van der Waals surface area contributed by atoms with Gasteiger partial charge in [-0.2, -0.15) is 0 Å². The van der Waals surface area contributed by atoms with Crippen molar-refractivity contribution in [3.05, 3.63) is 35.8 Å². The molecular weight excluding hydrogens is 299 g/mol. The molecule has 3 heteroatoms. The fourth-order valence-electron chi connectivity index (χ4n) is 3.47. The Hall–Kier alpha value is -1.35. The maximum atomic E-state index is 13.7. The van der Waals surface area contributed by atoms with Crippen LogP contribution in [0.2, 0.25) is 0 Å². The number of aryl methyl sites for hydroxylation is 1. The predicted octanol–water partition coefficient (Wildman–Crippen LogP) is 5.98. The molecule has 134 valence electrons. The maximum absolute atomic E-state index is 13.7. The second-order valence-electron chi connectivity index (χ2n) is 7.01. The third-order valence-corrected chi connectivity index (χ3v) is 4.72. The Bertz CT molecular complexity index is 618. The molecule has 2 aromatic rings. The van der Waals surface area contributed by atoms with Crippen molar-refractivity contribution in [2.24, 2.45) is 0 Å². The Morgan fingerprint density at radius 3 is 2.50 bits per heavy atom. The van der Waals surface area contributed by atoms with E-state index in [1.54, 1.807) is 12.1 Å². The van der Waals surface area contributed by atoms with Gasteiger partial charge in [0.15, 0.2) is 0 Å². The molecule has 0 fully saturated rings. The molecule has 1 heterocycles. The zero-order chi connectivity index (χ0) is 17.4. The molecule has 0 saturated heterocycles. The van der Waals surface area contributed by atoms with Crippen molar-refractivity contribution in [2.45, 2.75) is 71.9 Å². The summed E-state index contributed by atoms with van der Waals surface area (Å²) in [5.74, 6) is -0.140. The van der Waals surface area contributed by atoms with Gasteiger partial charge in [-0.1, -0.05) is 46.0 Å². The van der Waals surface area contributed by atoms with E-state index >= 15 is 0 Å². The number of hydrogen-bond acceptors (Lipinski definition) is 1. The van der Waals surface area contributed by atoms with Crippen molar-refractivity contribution in [1.82, 2.24) is 9.47 Å². The number of aromatic nitrogens is 1. The number of benzene rings is 1. The van der Waals surface area contributed by atoms with Crippen LogP contribution in [0.3, 0.4) is 0 Å². The summed E-state index contributed by atoms with van der Waals surface area (Å²) >= 11 is 0. The van der Waals surface area contributed by atoms with E-state index in [9.17, 15) is 4.39 Å². The van der Waals surface area contributed by atoms with Crippen LogP contribution in [-0.2, 0) is 13.1 Å². The standard InChI is InChI=1S/C21H33FN2/c1-4-6-7-8-9-10-14-24-17-18(16-23(3)13-5-2)20-15-19(22)11-12-21(20)24/h11-12,15,17H,4-10,13-14,16H2,1-3H3. The van der Waals surface area contributed by atoms with Crippen molar-refractivity contribution in [1.29, 1.82) is 0 Å². The Balaban J connectivity index is 2.06. The van der Waals surface area contributed by atoms with Gasteiger partial charge in [0.25, 0.3) is 0 Å². The summed E-state index contributed by atoms with van der Waals surface area (Å²) in [6, 6.07) is 5.22. The Labute approximate surface area is 146 Å². The highest BCUT2D eigenvalue weighted by atomic mass is 19.1. The molecule has 1 aromatic heterocycles. The van der Waals surface area contributed by atoms with Crippen LogP contribution in [-0.4, -0.2) is 23.1 Å². The van der Waals surface area contributed by atoms with Crippen LogP contribution in [0.1, 0.15) is 64.4 Å². The van der Waals surface area contributed by atoms with Gasteiger partial charge in [0.05, 0.1) is 0 Å². The molecule has 0 aliphatic heterocycles. The van der Waals surface area contributed by atoms with Gasteiger partial charge in [-0.3, -0.25) is 0 Å². The molecule has 0 aliphatic carbocycles. The quantitative estimate of drug-likeness (QED) is 0.459. The fourth-order valence-corrected chi connectivity index (χ4v) is 3.47. The van der Waals surface area contributed by atoms with Gasteiger partial charge < -0.3 is 9.47 Å². The van der Waals surface area contributed by atoms with Crippen molar-refractivity contribution in [3.63, 3.8) is 0 Å². The van der Waals surface area contributed by atoms with Crippen LogP contribution in [0.4, 0.5) is 4.39 Å². The van der Waals surface area contributed by atoms with E-state index in [-0.39, 0.29) is 5.82 Å². The lowest BCUT2D eigenvalue weighted by Gasteiger charge is -2.14. The van der Waals surface area contributed by atoms with Crippen molar-refractivity contribution in [2.75, 3.05) is 13.6 Å². The molecule has 0 N–H and O–H groups in total. The van der Waals surface area contributed by atoms with Gasteiger partial charge >= 0.3 is 0 Å². The highest BCUT2D eigenvalue weighted by molar-refractivity contribution is 5.84. The van der Waals surface area contributed by atoms with E-state index in [1.807, 2.05) is 6.07 Å². The second-order valence-corrected chi connectivity index (χ2v) is 7.01. The molecule has 1 aromatic carbocycles. The topological polar surface area (TPSA) is 8.17 Å². The van der Waals surface area contributed by atoms with Crippen molar-refractivity contribution < 1.29 is 4.39 Å². The van der Waals surface area contributed by atoms with Crippen LogP contribution in [0.15, 0.2) is 24.4 Å². The third-order valence-electron chi connectivity index (χ3n) is 4.72. The van der Waals surface area contributed by atoms with Gasteiger partial charge in [0.1, 0.15) is 5.82 Å². The molecule has 0 amide bonds. The van der Waals surface area contributed by atoms with Gasteiger partial charge in [0.2, 0.25) is 0 Å². The zero-order valence-corrected chi connectivity index (χ0v) is 15.7. The first-order valence-corrected chi connectivity index (χ1v) is 9.61. The highest BCUT2D eigenvalue weighted by Crippen LogP contribution is 2.24. The molecule has 2 nitrogen and oxygen atoms in total. The minimum atomic E-state index is -0.140. The lowest BCUT2D eigenvalue weighted by molar-refractivity contribution is 0.328. The fraction of sp³-hybridized carbons (Fsp3) is 0.619. The molecule has 0 unspecified atom stereocenters. The number of unbranched alkanes of at least 4 members (excludes halogenated alkanes) is 5. The van der Waals surface area contributed by atoms with Crippen molar-refractivity contribution >= 4 is 10.9 Å². The number of rotatable bonds is 11. The Morgan fingerprint density at radius 1 is 1.00 bits per heavy atom. The van der Waals surface area contributed by atoms with Gasteiger partial charge in [-0.15, -0.1) is 0 Å². The first kappa shape index (κ1) is 19.0. The van der Waals surface area contributed by atoms with Crippen LogP contribution >= 0.6 is 0 Å². The van der Waals surface area contributed by atoms with Gasteiger partial charge in [0, 0.05) is 30.2 Å². The number of fused-ring (bicyclic) bond motifs is 1. The normalized spacial score (nSPS) is 11.7. The summed E-state index contributed by atoms with van der Waals surface area (Å²) in [7, 11) is 2.14. The van der Waals surface area contributed by atoms with E-state index < -0.39 is 0 Å². The molecular formula is C21H33FN2. The van der Waals surface area contributed by atoms with Gasteiger partial charge in [-0.05, 0) is 50.2 Å². The Kier molecular flexibility index (Phi) is 7.77. The van der Waals surface area contributed by atoms with Crippen molar-refractivity contribution in [3.8, 4) is 0 Å². The molecule has 0 saturated carbocycles. The first-order chi connectivity index (χ1) is 11.7. The van der Waals surface area contributed by atoms with Crippen LogP contribution in [0, 0.1) is 5.82 Å². The van der Waals surface area contributed by atoms with E-state index in [4.69, 9.17) is 0 Å².